The first-order valence-corrected chi connectivity index (χ1v) is 11.6. The molecule has 0 radical (unpaired) electrons. The molecule has 0 spiro atoms. The number of carboxylic acids is 1. The van der Waals surface area contributed by atoms with Crippen LogP contribution in [0.4, 0.5) is 0 Å². The average molecular weight is 367 g/mol. The van der Waals surface area contributed by atoms with Gasteiger partial charge in [0.1, 0.15) is 0 Å². The molecule has 23 heavy (non-hydrogen) atoms. The van der Waals surface area contributed by atoms with Crippen molar-refractivity contribution in [3.63, 3.8) is 0 Å². The standard InChI is InChI=1S/C13H26O8Si2/c1-8-13(22(6,17-2)18-3,23(7,19-4)20-5)21-12(16)10-9-11(14)15/h9-10H,8H2,1-7H3,(H,14,15). The number of rotatable bonds is 10. The smallest absolute Gasteiger partial charge is 0.381 e. The van der Waals surface area contributed by atoms with E-state index in [0.29, 0.717) is 12.5 Å². The SMILES string of the molecule is CCC(OC(=O)C=CC(=O)O)([Si](C)(OC)OC)[Si](C)(OC)OC. The van der Waals surface area contributed by atoms with Gasteiger partial charge in [0, 0.05) is 40.6 Å². The molecule has 0 saturated carbocycles. The summed E-state index contributed by atoms with van der Waals surface area (Å²) in [7, 11) is -0.278. The zero-order valence-corrected chi connectivity index (χ0v) is 16.7. The van der Waals surface area contributed by atoms with Gasteiger partial charge in [0.25, 0.3) is 0 Å². The van der Waals surface area contributed by atoms with Gasteiger partial charge in [0.15, 0.2) is 4.85 Å². The van der Waals surface area contributed by atoms with Crippen molar-refractivity contribution in [2.75, 3.05) is 28.4 Å². The van der Waals surface area contributed by atoms with Crippen molar-refractivity contribution in [2.45, 2.75) is 31.3 Å². The molecule has 0 aliphatic rings. The highest BCUT2D eigenvalue weighted by Gasteiger charge is 2.69. The molecule has 10 heteroatoms. The zero-order valence-electron chi connectivity index (χ0n) is 14.7. The molecule has 0 rings (SSSR count). The van der Waals surface area contributed by atoms with E-state index in [4.69, 9.17) is 27.5 Å². The second kappa shape index (κ2) is 8.71. The highest BCUT2D eigenvalue weighted by Crippen LogP contribution is 2.39. The molecular formula is C13H26O8Si2. The Morgan fingerprint density at radius 2 is 1.35 bits per heavy atom. The topological polar surface area (TPSA) is 101 Å². The Balaban J connectivity index is 6.07. The molecule has 134 valence electrons. The van der Waals surface area contributed by atoms with Crippen LogP contribution in [0, 0.1) is 0 Å². The van der Waals surface area contributed by atoms with E-state index in [-0.39, 0.29) is 0 Å². The zero-order chi connectivity index (χ0) is 18.3. The molecule has 0 amide bonds. The van der Waals surface area contributed by atoms with Gasteiger partial charge in [-0.05, 0) is 19.5 Å². The summed E-state index contributed by atoms with van der Waals surface area (Å²) < 4.78 is 28.0. The lowest BCUT2D eigenvalue weighted by Crippen LogP contribution is -2.76. The lowest BCUT2D eigenvalue weighted by Gasteiger charge is -2.48. The van der Waals surface area contributed by atoms with Crippen molar-refractivity contribution in [3.05, 3.63) is 12.2 Å². The van der Waals surface area contributed by atoms with Gasteiger partial charge < -0.3 is 27.5 Å². The van der Waals surface area contributed by atoms with Gasteiger partial charge in [-0.1, -0.05) is 6.92 Å². The largest absolute Gasteiger partial charge is 0.478 e. The van der Waals surface area contributed by atoms with Crippen LogP contribution in [0.2, 0.25) is 13.1 Å². The van der Waals surface area contributed by atoms with Crippen molar-refractivity contribution in [1.29, 1.82) is 0 Å². The Morgan fingerprint density at radius 3 is 1.61 bits per heavy atom. The molecule has 1 N–H and O–H groups in total. The van der Waals surface area contributed by atoms with Gasteiger partial charge in [-0.15, -0.1) is 0 Å². The minimum atomic E-state index is -3.09. The van der Waals surface area contributed by atoms with E-state index < -0.39 is 33.9 Å². The molecule has 0 bridgehead atoms. The molecule has 0 fully saturated rings. The van der Waals surface area contributed by atoms with Gasteiger partial charge in [-0.25, -0.2) is 9.59 Å². The Kier molecular flexibility index (Phi) is 8.31. The van der Waals surface area contributed by atoms with Crippen LogP contribution in [0.15, 0.2) is 12.2 Å². The van der Waals surface area contributed by atoms with E-state index in [2.05, 4.69) is 0 Å². The van der Waals surface area contributed by atoms with E-state index in [9.17, 15) is 9.59 Å². The fourth-order valence-corrected chi connectivity index (χ4v) is 10.5. The first kappa shape index (κ1) is 22.0. The Morgan fingerprint density at radius 1 is 0.957 bits per heavy atom. The van der Waals surface area contributed by atoms with Crippen molar-refractivity contribution in [2.24, 2.45) is 0 Å². The molecule has 0 aromatic carbocycles. The maximum absolute atomic E-state index is 12.1. The predicted molar refractivity (Wildman–Crippen MR) is 87.2 cm³/mol. The summed E-state index contributed by atoms with van der Waals surface area (Å²) in [5.74, 6) is -2.07. The van der Waals surface area contributed by atoms with E-state index in [0.717, 1.165) is 6.08 Å². The average Bonchev–Trinajstić information content (AvgIpc) is 2.56. The summed E-state index contributed by atoms with van der Waals surface area (Å²) >= 11 is 0. The van der Waals surface area contributed by atoms with Crippen molar-refractivity contribution in [1.82, 2.24) is 0 Å². The van der Waals surface area contributed by atoms with Gasteiger partial charge in [0.05, 0.1) is 0 Å². The van der Waals surface area contributed by atoms with Crippen LogP contribution in [0.5, 0.6) is 0 Å². The normalized spacial score (nSPS) is 13.3. The minimum Gasteiger partial charge on any atom is -0.478 e. The quantitative estimate of drug-likeness (QED) is 0.349. The van der Waals surface area contributed by atoms with E-state index in [1.54, 1.807) is 20.0 Å². The summed E-state index contributed by atoms with van der Waals surface area (Å²) in [6.07, 6.45) is 1.88. The Hall–Kier alpha value is -1.05. The van der Waals surface area contributed by atoms with Crippen LogP contribution in [-0.4, -0.2) is 67.5 Å². The first-order valence-electron chi connectivity index (χ1n) is 6.96. The molecule has 0 aliphatic carbocycles. The maximum atomic E-state index is 12.1. The lowest BCUT2D eigenvalue weighted by atomic mass is 10.5. The number of carbonyl (C=O) groups excluding carboxylic acids is 1. The number of aliphatic carboxylic acids is 1. The predicted octanol–water partition coefficient (Wildman–Crippen LogP) is 1.13. The van der Waals surface area contributed by atoms with Crippen LogP contribution in [0.1, 0.15) is 13.3 Å². The molecule has 0 saturated heterocycles. The number of esters is 1. The Labute approximate surface area is 138 Å². The number of hydrogen-bond acceptors (Lipinski definition) is 7. The first-order chi connectivity index (χ1) is 10.6. The van der Waals surface area contributed by atoms with Crippen molar-refractivity contribution >= 4 is 29.1 Å². The summed E-state index contributed by atoms with van der Waals surface area (Å²) in [6, 6.07) is 0. The highest BCUT2D eigenvalue weighted by molar-refractivity contribution is 6.89. The van der Waals surface area contributed by atoms with E-state index in [1.807, 2.05) is 0 Å². The van der Waals surface area contributed by atoms with Gasteiger partial charge in [-0.3, -0.25) is 0 Å². The lowest BCUT2D eigenvalue weighted by molar-refractivity contribution is -0.147. The highest BCUT2D eigenvalue weighted by atomic mass is 28.4. The summed E-state index contributed by atoms with van der Waals surface area (Å²) in [5, 5.41) is 8.65. The number of ether oxygens (including phenoxy) is 1. The monoisotopic (exact) mass is 366 g/mol. The molecule has 0 unspecified atom stereocenters. The fraction of sp³-hybridized carbons (Fsp3) is 0.692. The number of carbonyl (C=O) groups is 2. The van der Waals surface area contributed by atoms with Gasteiger partial charge >= 0.3 is 29.1 Å². The molecule has 0 aromatic heterocycles. The molecule has 0 aliphatic heterocycles. The second-order valence-corrected chi connectivity index (χ2v) is 12.5. The van der Waals surface area contributed by atoms with Crippen LogP contribution in [-0.2, 0) is 32.0 Å². The minimum absolute atomic E-state index is 0.328. The summed E-state index contributed by atoms with van der Waals surface area (Å²) in [4.78, 5) is 21.5. The fourth-order valence-electron chi connectivity index (χ4n) is 2.48. The third-order valence-corrected chi connectivity index (χ3v) is 13.8. The van der Waals surface area contributed by atoms with Gasteiger partial charge in [0.2, 0.25) is 0 Å². The molecule has 0 aromatic rings. The van der Waals surface area contributed by atoms with E-state index >= 15 is 0 Å². The molecule has 8 nitrogen and oxygen atoms in total. The molecular weight excluding hydrogens is 340 g/mol. The van der Waals surface area contributed by atoms with Crippen LogP contribution in [0.3, 0.4) is 0 Å². The molecule has 0 atom stereocenters. The summed E-state index contributed by atoms with van der Waals surface area (Å²) in [6.45, 7) is 5.29. The van der Waals surface area contributed by atoms with Crippen molar-refractivity contribution in [3.8, 4) is 0 Å². The van der Waals surface area contributed by atoms with Crippen LogP contribution >= 0.6 is 0 Å². The maximum Gasteiger partial charge on any atom is 0.381 e. The summed E-state index contributed by atoms with van der Waals surface area (Å²) in [5.41, 5.74) is 0. The Bertz CT molecular complexity index is 425. The van der Waals surface area contributed by atoms with Crippen LogP contribution < -0.4 is 0 Å². The molecule has 0 heterocycles. The number of hydrogen-bond donors (Lipinski definition) is 1. The van der Waals surface area contributed by atoms with E-state index in [1.165, 1.54) is 28.4 Å². The van der Waals surface area contributed by atoms with Crippen LogP contribution in [0.25, 0.3) is 0 Å². The third kappa shape index (κ3) is 4.28. The van der Waals surface area contributed by atoms with Gasteiger partial charge in [-0.2, -0.15) is 0 Å². The van der Waals surface area contributed by atoms with Crippen molar-refractivity contribution < 1.29 is 37.1 Å². The number of carboxylic acid groups (broad SMARTS) is 1. The second-order valence-electron chi connectivity index (χ2n) is 4.98. The third-order valence-electron chi connectivity index (χ3n) is 4.16.